The molecule has 3 rings (SSSR count). The molecule has 29 heavy (non-hydrogen) atoms. The van der Waals surface area contributed by atoms with Crippen LogP contribution in [0.2, 0.25) is 0 Å². The summed E-state index contributed by atoms with van der Waals surface area (Å²) in [5.41, 5.74) is 3.07. The first-order valence-electron chi connectivity index (χ1n) is 10.8. The number of esters is 1. The molecule has 2 aliphatic rings. The predicted octanol–water partition coefficient (Wildman–Crippen LogP) is 1.65. The SMILES string of the molecule is C[C@@H](OC(=O)c1ccc(C[NH+]2CCOCC2)cc1)C(=O)NCCC1=CCCCC1. The van der Waals surface area contributed by atoms with Gasteiger partial charge in [-0.05, 0) is 51.2 Å². The Morgan fingerprint density at radius 1 is 1.17 bits per heavy atom. The minimum Gasteiger partial charge on any atom is -0.449 e. The van der Waals surface area contributed by atoms with Crippen LogP contribution < -0.4 is 10.2 Å². The highest BCUT2D eigenvalue weighted by molar-refractivity contribution is 5.92. The third-order valence-electron chi connectivity index (χ3n) is 5.63. The lowest BCUT2D eigenvalue weighted by molar-refractivity contribution is -0.921. The zero-order valence-corrected chi connectivity index (χ0v) is 17.4. The fourth-order valence-corrected chi connectivity index (χ4v) is 3.79. The number of morpholine rings is 1. The monoisotopic (exact) mass is 401 g/mol. The summed E-state index contributed by atoms with van der Waals surface area (Å²) in [6.45, 7) is 6.75. The molecule has 0 bridgehead atoms. The molecule has 1 aromatic carbocycles. The highest BCUT2D eigenvalue weighted by Gasteiger charge is 2.19. The number of rotatable bonds is 8. The molecule has 1 aliphatic carbocycles. The van der Waals surface area contributed by atoms with Gasteiger partial charge in [0.2, 0.25) is 0 Å². The first-order valence-corrected chi connectivity index (χ1v) is 10.8. The van der Waals surface area contributed by atoms with Gasteiger partial charge in [-0.3, -0.25) is 4.79 Å². The first kappa shape index (κ1) is 21.5. The van der Waals surface area contributed by atoms with Gasteiger partial charge < -0.3 is 19.7 Å². The molecule has 1 saturated heterocycles. The van der Waals surface area contributed by atoms with Gasteiger partial charge in [-0.15, -0.1) is 0 Å². The Balaban J connectivity index is 1.41. The molecule has 6 nitrogen and oxygen atoms in total. The fourth-order valence-electron chi connectivity index (χ4n) is 3.79. The van der Waals surface area contributed by atoms with Crippen LogP contribution in [0.25, 0.3) is 0 Å². The molecule has 1 amide bonds. The van der Waals surface area contributed by atoms with Crippen LogP contribution in [0.3, 0.4) is 0 Å². The van der Waals surface area contributed by atoms with Crippen molar-refractivity contribution in [1.29, 1.82) is 0 Å². The number of carbonyl (C=O) groups is 2. The van der Waals surface area contributed by atoms with Crippen LogP contribution in [-0.2, 0) is 20.8 Å². The van der Waals surface area contributed by atoms with Crippen LogP contribution in [0.15, 0.2) is 35.9 Å². The second kappa shape index (κ2) is 11.1. The topological polar surface area (TPSA) is 69.1 Å². The van der Waals surface area contributed by atoms with Gasteiger partial charge in [-0.1, -0.05) is 23.8 Å². The van der Waals surface area contributed by atoms with E-state index in [-0.39, 0.29) is 5.91 Å². The van der Waals surface area contributed by atoms with E-state index >= 15 is 0 Å². The van der Waals surface area contributed by atoms with Gasteiger partial charge in [0.1, 0.15) is 19.6 Å². The Morgan fingerprint density at radius 3 is 2.62 bits per heavy atom. The van der Waals surface area contributed by atoms with Crippen molar-refractivity contribution < 1.29 is 24.0 Å². The predicted molar refractivity (Wildman–Crippen MR) is 111 cm³/mol. The van der Waals surface area contributed by atoms with Crippen molar-refractivity contribution >= 4 is 11.9 Å². The second-order valence-corrected chi connectivity index (χ2v) is 7.93. The standard InChI is InChI=1S/C23H32N2O4/c1-18(22(26)24-12-11-19-5-3-2-4-6-19)29-23(27)21-9-7-20(8-10-21)17-25-13-15-28-16-14-25/h5,7-10,18H,2-4,6,11-17H2,1H3,(H,24,26)/p+1/t18-/m1/s1. The third kappa shape index (κ3) is 6.98. The van der Waals surface area contributed by atoms with Gasteiger partial charge >= 0.3 is 5.97 Å². The lowest BCUT2D eigenvalue weighted by Gasteiger charge is -2.23. The fraction of sp³-hybridized carbons (Fsp3) is 0.565. The first-order chi connectivity index (χ1) is 14.1. The third-order valence-corrected chi connectivity index (χ3v) is 5.63. The molecule has 1 aromatic rings. The van der Waals surface area contributed by atoms with E-state index in [1.165, 1.54) is 28.9 Å². The smallest absolute Gasteiger partial charge is 0.338 e. The number of amides is 1. The number of hydrogen-bond acceptors (Lipinski definition) is 4. The summed E-state index contributed by atoms with van der Waals surface area (Å²) in [6.07, 6.45) is 7.12. The summed E-state index contributed by atoms with van der Waals surface area (Å²) in [5, 5.41) is 2.87. The van der Waals surface area contributed by atoms with Gasteiger partial charge in [0.25, 0.3) is 5.91 Å². The van der Waals surface area contributed by atoms with Crippen LogP contribution in [-0.4, -0.2) is 50.8 Å². The number of benzene rings is 1. The van der Waals surface area contributed by atoms with Gasteiger partial charge in [-0.25, -0.2) is 4.79 Å². The Bertz CT molecular complexity index is 708. The quantitative estimate of drug-likeness (QED) is 0.513. The van der Waals surface area contributed by atoms with Crippen LogP contribution >= 0.6 is 0 Å². The molecule has 1 aliphatic heterocycles. The summed E-state index contributed by atoms with van der Waals surface area (Å²) < 4.78 is 10.7. The summed E-state index contributed by atoms with van der Waals surface area (Å²) in [7, 11) is 0. The van der Waals surface area contributed by atoms with Gasteiger partial charge in [0, 0.05) is 12.1 Å². The molecule has 0 unspecified atom stereocenters. The molecule has 2 N–H and O–H groups in total. The van der Waals surface area contributed by atoms with E-state index in [4.69, 9.17) is 9.47 Å². The lowest BCUT2D eigenvalue weighted by atomic mass is 9.97. The molecule has 1 heterocycles. The zero-order valence-electron chi connectivity index (χ0n) is 17.4. The summed E-state index contributed by atoms with van der Waals surface area (Å²) in [4.78, 5) is 26.0. The average Bonchev–Trinajstić information content (AvgIpc) is 2.75. The normalized spacial score (nSPS) is 18.6. The number of carbonyl (C=O) groups excluding carboxylic acids is 2. The van der Waals surface area contributed by atoms with Crippen LogP contribution in [0.1, 0.15) is 54.9 Å². The molecule has 1 fully saturated rings. The summed E-state index contributed by atoms with van der Waals surface area (Å²) in [5.74, 6) is -0.713. The molecule has 0 saturated carbocycles. The molecule has 6 heteroatoms. The Hall–Kier alpha value is -2.18. The molecule has 158 valence electrons. The van der Waals surface area contributed by atoms with E-state index in [1.807, 2.05) is 12.1 Å². The van der Waals surface area contributed by atoms with Gasteiger partial charge in [0.05, 0.1) is 18.8 Å². The summed E-state index contributed by atoms with van der Waals surface area (Å²) in [6, 6.07) is 7.47. The van der Waals surface area contributed by atoms with E-state index in [1.54, 1.807) is 19.1 Å². The molecular formula is C23H33N2O4+. The number of nitrogens with one attached hydrogen (secondary N) is 2. The minimum absolute atomic E-state index is 0.248. The van der Waals surface area contributed by atoms with Gasteiger partial charge in [-0.2, -0.15) is 0 Å². The van der Waals surface area contributed by atoms with Crippen molar-refractivity contribution in [2.24, 2.45) is 0 Å². The average molecular weight is 402 g/mol. The van der Waals surface area contributed by atoms with E-state index in [0.29, 0.717) is 12.1 Å². The van der Waals surface area contributed by atoms with Crippen molar-refractivity contribution in [3.05, 3.63) is 47.0 Å². The maximum Gasteiger partial charge on any atom is 0.338 e. The van der Waals surface area contributed by atoms with Crippen molar-refractivity contribution in [3.8, 4) is 0 Å². The van der Waals surface area contributed by atoms with Gasteiger partial charge in [0.15, 0.2) is 6.10 Å². The van der Waals surface area contributed by atoms with Crippen molar-refractivity contribution in [3.63, 3.8) is 0 Å². The van der Waals surface area contributed by atoms with E-state index in [2.05, 4.69) is 11.4 Å². The second-order valence-electron chi connectivity index (χ2n) is 7.93. The highest BCUT2D eigenvalue weighted by atomic mass is 16.5. The maximum absolute atomic E-state index is 12.3. The van der Waals surface area contributed by atoms with E-state index in [0.717, 1.165) is 52.1 Å². The number of allylic oxidation sites excluding steroid dienone is 1. The molecule has 0 radical (unpaired) electrons. The molecule has 0 aromatic heterocycles. The Morgan fingerprint density at radius 2 is 1.93 bits per heavy atom. The molecule has 0 spiro atoms. The zero-order chi connectivity index (χ0) is 20.5. The maximum atomic E-state index is 12.3. The number of quaternary nitrogens is 1. The van der Waals surface area contributed by atoms with Crippen LogP contribution in [0.4, 0.5) is 0 Å². The van der Waals surface area contributed by atoms with Crippen molar-refractivity contribution in [1.82, 2.24) is 5.32 Å². The number of hydrogen-bond donors (Lipinski definition) is 2. The van der Waals surface area contributed by atoms with E-state index in [9.17, 15) is 9.59 Å². The van der Waals surface area contributed by atoms with E-state index < -0.39 is 12.1 Å². The largest absolute Gasteiger partial charge is 0.449 e. The van der Waals surface area contributed by atoms with Crippen molar-refractivity contribution in [2.75, 3.05) is 32.8 Å². The number of ether oxygens (including phenoxy) is 2. The van der Waals surface area contributed by atoms with Crippen LogP contribution in [0, 0.1) is 0 Å². The molecule has 1 atom stereocenters. The van der Waals surface area contributed by atoms with Crippen LogP contribution in [0.5, 0.6) is 0 Å². The summed E-state index contributed by atoms with van der Waals surface area (Å²) >= 11 is 0. The Labute approximate surface area is 173 Å². The lowest BCUT2D eigenvalue weighted by Crippen LogP contribution is -3.12. The Kier molecular flexibility index (Phi) is 8.25. The minimum atomic E-state index is -0.805. The highest BCUT2D eigenvalue weighted by Crippen LogP contribution is 2.19. The molecular weight excluding hydrogens is 368 g/mol. The van der Waals surface area contributed by atoms with Crippen molar-refractivity contribution in [2.45, 2.75) is 51.7 Å².